The van der Waals surface area contributed by atoms with Crippen LogP contribution in [0.2, 0.25) is 10.0 Å². The molecule has 1 aromatic carbocycles. The zero-order valence-electron chi connectivity index (χ0n) is 20.3. The maximum Gasteiger partial charge on any atom is 0.244 e. The fourth-order valence-corrected chi connectivity index (χ4v) is 4.48. The van der Waals surface area contributed by atoms with Crippen LogP contribution < -0.4 is 26.5 Å². The normalized spacial score (nSPS) is 16.1. The van der Waals surface area contributed by atoms with Gasteiger partial charge in [-0.1, -0.05) is 23.2 Å². The van der Waals surface area contributed by atoms with Crippen LogP contribution in [-0.4, -0.2) is 70.5 Å². The highest BCUT2D eigenvalue weighted by atomic mass is 35.5. The maximum absolute atomic E-state index is 13.1. The number of piperazine rings is 1. The van der Waals surface area contributed by atoms with Gasteiger partial charge < -0.3 is 21.3 Å². The van der Waals surface area contributed by atoms with E-state index in [4.69, 9.17) is 44.3 Å². The van der Waals surface area contributed by atoms with Gasteiger partial charge in [-0.25, -0.2) is 9.97 Å². The Morgan fingerprint density at radius 1 is 1.05 bits per heavy atom. The molecule has 1 fully saturated rings. The second-order valence-electron chi connectivity index (χ2n) is 8.58. The van der Waals surface area contributed by atoms with Crippen LogP contribution in [0.5, 0.6) is 0 Å². The summed E-state index contributed by atoms with van der Waals surface area (Å²) < 4.78 is 0. The lowest BCUT2D eigenvalue weighted by Gasteiger charge is -2.37. The van der Waals surface area contributed by atoms with Crippen LogP contribution in [0.15, 0.2) is 42.5 Å². The fourth-order valence-electron chi connectivity index (χ4n) is 3.98. The highest BCUT2D eigenvalue weighted by Crippen LogP contribution is 2.37. The second-order valence-corrected chi connectivity index (χ2v) is 9.42. The number of carbonyl (C=O) groups is 1. The number of anilines is 5. The van der Waals surface area contributed by atoms with E-state index in [0.717, 1.165) is 6.54 Å². The highest BCUT2D eigenvalue weighted by Gasteiger charge is 2.32. The molecule has 1 atom stereocenters. The molecule has 3 heterocycles. The molecule has 3 aromatic rings. The molecular formula is C24H28Cl2N8O3. The number of halogens is 2. The van der Waals surface area contributed by atoms with Crippen molar-refractivity contribution in [2.24, 2.45) is 0 Å². The molecule has 1 amide bonds. The molecule has 0 aliphatic carbocycles. The predicted molar refractivity (Wildman–Crippen MR) is 146 cm³/mol. The summed E-state index contributed by atoms with van der Waals surface area (Å²) in [5, 5.41) is 25.4. The molecule has 13 heteroatoms. The van der Waals surface area contributed by atoms with Gasteiger partial charge in [0.1, 0.15) is 17.3 Å². The Labute approximate surface area is 224 Å². The van der Waals surface area contributed by atoms with E-state index in [0.29, 0.717) is 58.3 Å². The highest BCUT2D eigenvalue weighted by molar-refractivity contribution is 6.36. The maximum atomic E-state index is 13.1. The Bertz CT molecular complexity index is 1290. The number of nitrogens with two attached hydrogens (primary N) is 1. The summed E-state index contributed by atoms with van der Waals surface area (Å²) in [6, 6.07) is 11.6. The van der Waals surface area contributed by atoms with Crippen LogP contribution in [0.1, 0.15) is 6.92 Å². The fraction of sp³-hybridized carbons (Fsp3) is 0.292. The van der Waals surface area contributed by atoms with E-state index in [9.17, 15) is 4.79 Å². The first-order valence-electron chi connectivity index (χ1n) is 11.6. The number of hydrogen-bond acceptors (Lipinski definition) is 10. The molecule has 0 bridgehead atoms. The van der Waals surface area contributed by atoms with Crippen LogP contribution in [-0.2, 0) is 4.79 Å². The molecule has 2 aromatic heterocycles. The minimum Gasteiger partial charge on any atom is -0.382 e. The minimum absolute atomic E-state index is 0.00453. The Hall–Kier alpha value is -3.35. The number of benzene rings is 1. The number of rotatable bonds is 8. The summed E-state index contributed by atoms with van der Waals surface area (Å²) >= 11 is 12.7. The van der Waals surface area contributed by atoms with Gasteiger partial charge in [0.2, 0.25) is 5.91 Å². The number of nitrogens with one attached hydrogen (secondary N) is 2. The Kier molecular flexibility index (Phi) is 8.20. The largest absolute Gasteiger partial charge is 0.382 e. The van der Waals surface area contributed by atoms with Crippen LogP contribution >= 0.6 is 23.2 Å². The summed E-state index contributed by atoms with van der Waals surface area (Å²) in [6.45, 7) is 4.12. The van der Waals surface area contributed by atoms with Crippen molar-refractivity contribution in [1.29, 1.82) is 0 Å². The van der Waals surface area contributed by atoms with E-state index in [1.807, 2.05) is 31.0 Å². The van der Waals surface area contributed by atoms with Gasteiger partial charge in [-0.15, -0.1) is 5.23 Å². The van der Waals surface area contributed by atoms with Crippen LogP contribution in [0.3, 0.4) is 0 Å². The van der Waals surface area contributed by atoms with Crippen molar-refractivity contribution in [1.82, 2.24) is 14.9 Å². The first kappa shape index (κ1) is 26.7. The third kappa shape index (κ3) is 5.97. The molecule has 11 nitrogen and oxygen atoms in total. The van der Waals surface area contributed by atoms with Crippen molar-refractivity contribution >= 4 is 57.9 Å². The molecule has 0 radical (unpaired) electrons. The quantitative estimate of drug-likeness (QED) is 0.209. The number of nitrogens with zero attached hydrogens (tertiary/aromatic N) is 5. The lowest BCUT2D eigenvalue weighted by Crippen LogP contribution is -2.54. The molecule has 1 aliphatic heterocycles. The zero-order chi connectivity index (χ0) is 26.7. The average molecular weight is 547 g/mol. The molecule has 0 saturated carbocycles. The van der Waals surface area contributed by atoms with Crippen LogP contribution in [0.25, 0.3) is 11.3 Å². The molecule has 1 unspecified atom stereocenters. The summed E-state index contributed by atoms with van der Waals surface area (Å²) in [5.41, 5.74) is 7.63. The van der Waals surface area contributed by atoms with E-state index in [2.05, 4.69) is 15.6 Å². The van der Waals surface area contributed by atoms with E-state index in [-0.39, 0.29) is 28.7 Å². The zero-order valence-corrected chi connectivity index (χ0v) is 21.8. The van der Waals surface area contributed by atoms with Crippen molar-refractivity contribution < 1.29 is 15.2 Å². The summed E-state index contributed by atoms with van der Waals surface area (Å²) in [6.07, 6.45) is 0. The first-order valence-corrected chi connectivity index (χ1v) is 12.3. The third-order valence-corrected chi connectivity index (χ3v) is 6.71. The van der Waals surface area contributed by atoms with Crippen molar-refractivity contribution in [3.05, 3.63) is 52.5 Å². The molecule has 37 heavy (non-hydrogen) atoms. The summed E-state index contributed by atoms with van der Waals surface area (Å²) in [5.74, 6) is 1.04. The van der Waals surface area contributed by atoms with Gasteiger partial charge in [0.25, 0.3) is 0 Å². The van der Waals surface area contributed by atoms with Crippen molar-refractivity contribution in [3.8, 4) is 11.3 Å². The number of carbonyl (C=O) groups excluding carboxylic acids is 1. The minimum atomic E-state index is -0.249. The van der Waals surface area contributed by atoms with Crippen molar-refractivity contribution in [2.45, 2.75) is 13.0 Å². The number of nitrogen functional groups attached to an aromatic ring is 1. The van der Waals surface area contributed by atoms with Gasteiger partial charge in [0.15, 0.2) is 5.82 Å². The second kappa shape index (κ2) is 11.4. The number of likely N-dealkylation sites (N-methyl/N-ethyl adjacent to an activating group) is 1. The SMILES string of the molecule is CC1C(=O)N(c2ccc(NCCNc3ccc(N(O)O)c(N)n3)nc2-c2ccc(Cl)cc2Cl)CCN1C. The topological polar surface area (TPSA) is 143 Å². The summed E-state index contributed by atoms with van der Waals surface area (Å²) in [4.78, 5) is 25.8. The van der Waals surface area contributed by atoms with Gasteiger partial charge in [0.05, 0.1) is 22.4 Å². The number of amides is 1. The number of hydrogen-bond donors (Lipinski definition) is 5. The number of pyridine rings is 2. The van der Waals surface area contributed by atoms with Crippen molar-refractivity contribution in [2.75, 3.05) is 59.7 Å². The molecule has 4 rings (SSSR count). The van der Waals surface area contributed by atoms with Gasteiger partial charge >= 0.3 is 0 Å². The molecule has 1 aliphatic rings. The predicted octanol–water partition coefficient (Wildman–Crippen LogP) is 3.81. The van der Waals surface area contributed by atoms with E-state index >= 15 is 0 Å². The Morgan fingerprint density at radius 2 is 1.73 bits per heavy atom. The van der Waals surface area contributed by atoms with Gasteiger partial charge in [-0.05, 0) is 56.4 Å². The molecule has 0 spiro atoms. The Balaban J connectivity index is 1.53. The molecule has 6 N–H and O–H groups in total. The van der Waals surface area contributed by atoms with Gasteiger partial charge in [-0.3, -0.25) is 20.1 Å². The third-order valence-electron chi connectivity index (χ3n) is 6.17. The lowest BCUT2D eigenvalue weighted by atomic mass is 10.1. The first-order chi connectivity index (χ1) is 17.7. The summed E-state index contributed by atoms with van der Waals surface area (Å²) in [7, 11) is 1.93. The van der Waals surface area contributed by atoms with Gasteiger partial charge in [-0.2, -0.15) is 0 Å². The smallest absolute Gasteiger partial charge is 0.244 e. The van der Waals surface area contributed by atoms with E-state index in [1.165, 1.54) is 6.07 Å². The van der Waals surface area contributed by atoms with Crippen molar-refractivity contribution in [3.63, 3.8) is 0 Å². The lowest BCUT2D eigenvalue weighted by molar-refractivity contribution is -0.124. The monoisotopic (exact) mass is 546 g/mol. The average Bonchev–Trinajstić information content (AvgIpc) is 2.85. The molecule has 196 valence electrons. The standard InChI is InChI=1S/C24H28Cl2N8O3/c1-14-24(35)33(12-11-32(14)2)18-5-7-20(30-22(18)16-4-3-15(25)13-17(16)26)28-9-10-29-21-8-6-19(34(36)37)23(27)31-21/h3-8,13-14,36-37H,9-12H2,1-2H3,(H,28,30)(H3,27,29,31). The van der Waals surface area contributed by atoms with Crippen LogP contribution in [0.4, 0.5) is 28.8 Å². The molecule has 1 saturated heterocycles. The van der Waals surface area contributed by atoms with E-state index in [1.54, 1.807) is 29.2 Å². The number of aromatic nitrogens is 2. The van der Waals surface area contributed by atoms with Crippen LogP contribution in [0, 0.1) is 0 Å². The Morgan fingerprint density at radius 3 is 2.38 bits per heavy atom. The van der Waals surface area contributed by atoms with Gasteiger partial charge in [0, 0.05) is 36.8 Å². The molecular weight excluding hydrogens is 519 g/mol. The van der Waals surface area contributed by atoms with E-state index < -0.39 is 0 Å².